The van der Waals surface area contributed by atoms with Gasteiger partial charge < -0.3 is 4.98 Å². The number of aromatic nitrogens is 2. The lowest BCUT2D eigenvalue weighted by Gasteiger charge is -2.04. The summed E-state index contributed by atoms with van der Waals surface area (Å²) in [7, 11) is 0. The molecular formula is C25H17ClN2. The molecule has 1 aromatic heterocycles. The first-order chi connectivity index (χ1) is 13.8. The van der Waals surface area contributed by atoms with Gasteiger partial charge >= 0.3 is 0 Å². The largest absolute Gasteiger partial charge is 0.337 e. The first-order valence-electron chi connectivity index (χ1n) is 9.19. The number of nitrogens with one attached hydrogen (secondary N) is 1. The highest BCUT2D eigenvalue weighted by Gasteiger charge is 2.16. The summed E-state index contributed by atoms with van der Waals surface area (Å²) in [5.74, 6) is 0.862. The molecule has 5 aromatic rings. The summed E-state index contributed by atoms with van der Waals surface area (Å²) in [5, 5.41) is 3.10. The molecule has 134 valence electrons. The van der Waals surface area contributed by atoms with Crippen LogP contribution in [-0.4, -0.2) is 9.97 Å². The van der Waals surface area contributed by atoms with Gasteiger partial charge in [-0.25, -0.2) is 4.98 Å². The number of nitrogens with zero attached hydrogens (tertiary/aromatic N) is 1. The maximum atomic E-state index is 6.10. The maximum Gasteiger partial charge on any atom is 0.139 e. The Morgan fingerprint density at radius 3 is 2.18 bits per heavy atom. The Morgan fingerprint density at radius 2 is 1.36 bits per heavy atom. The van der Waals surface area contributed by atoms with Crippen molar-refractivity contribution in [2.45, 2.75) is 0 Å². The number of hydrogen-bond acceptors (Lipinski definition) is 1. The van der Waals surface area contributed by atoms with Crippen molar-refractivity contribution in [2.75, 3.05) is 0 Å². The van der Waals surface area contributed by atoms with Crippen LogP contribution in [0.15, 0.2) is 97.1 Å². The van der Waals surface area contributed by atoms with Gasteiger partial charge in [-0.2, -0.15) is 0 Å². The van der Waals surface area contributed by atoms with Crippen molar-refractivity contribution < 1.29 is 0 Å². The van der Waals surface area contributed by atoms with Gasteiger partial charge in [-0.1, -0.05) is 96.5 Å². The first kappa shape index (κ1) is 16.8. The molecule has 1 heterocycles. The van der Waals surface area contributed by atoms with Crippen LogP contribution >= 0.6 is 11.6 Å². The first-order valence-corrected chi connectivity index (χ1v) is 9.57. The second kappa shape index (κ2) is 6.99. The van der Waals surface area contributed by atoms with Crippen LogP contribution in [0.25, 0.3) is 44.7 Å². The van der Waals surface area contributed by atoms with E-state index in [0.717, 1.165) is 38.9 Å². The average Bonchev–Trinajstić information content (AvgIpc) is 3.20. The molecule has 0 fully saturated rings. The van der Waals surface area contributed by atoms with Crippen molar-refractivity contribution in [1.82, 2.24) is 9.97 Å². The van der Waals surface area contributed by atoms with Gasteiger partial charge in [0.15, 0.2) is 0 Å². The lowest BCUT2D eigenvalue weighted by molar-refractivity contribution is 1.32. The Kier molecular flexibility index (Phi) is 4.19. The minimum Gasteiger partial charge on any atom is -0.337 e. The second-order valence-electron chi connectivity index (χ2n) is 6.71. The van der Waals surface area contributed by atoms with Crippen LogP contribution in [0.4, 0.5) is 0 Å². The van der Waals surface area contributed by atoms with Crippen LogP contribution < -0.4 is 0 Å². The third kappa shape index (κ3) is 2.98. The van der Waals surface area contributed by atoms with E-state index in [4.69, 9.17) is 16.6 Å². The fourth-order valence-corrected chi connectivity index (χ4v) is 3.69. The van der Waals surface area contributed by atoms with Gasteiger partial charge in [-0.15, -0.1) is 0 Å². The molecule has 0 amide bonds. The summed E-state index contributed by atoms with van der Waals surface area (Å²) in [6, 6.07) is 32.8. The SMILES string of the molecule is Clc1ccc(-c2[nH]c(-c3cccc4ccccc34)nc2-c2ccccc2)cc1. The summed E-state index contributed by atoms with van der Waals surface area (Å²) in [5.41, 5.74) is 5.16. The monoisotopic (exact) mass is 380 g/mol. The number of hydrogen-bond donors (Lipinski definition) is 1. The molecule has 28 heavy (non-hydrogen) atoms. The van der Waals surface area contributed by atoms with Crippen molar-refractivity contribution in [3.63, 3.8) is 0 Å². The van der Waals surface area contributed by atoms with Crippen LogP contribution in [-0.2, 0) is 0 Å². The molecule has 3 heteroatoms. The van der Waals surface area contributed by atoms with E-state index in [0.29, 0.717) is 0 Å². The number of benzene rings is 4. The topological polar surface area (TPSA) is 28.7 Å². The fourth-order valence-electron chi connectivity index (χ4n) is 3.56. The van der Waals surface area contributed by atoms with E-state index in [2.05, 4.69) is 59.6 Å². The molecule has 0 bridgehead atoms. The molecule has 2 nitrogen and oxygen atoms in total. The Balaban J connectivity index is 1.75. The van der Waals surface area contributed by atoms with E-state index in [1.807, 2.05) is 42.5 Å². The fraction of sp³-hybridized carbons (Fsp3) is 0. The Labute approximate surface area is 168 Å². The maximum absolute atomic E-state index is 6.10. The second-order valence-corrected chi connectivity index (χ2v) is 7.15. The zero-order chi connectivity index (χ0) is 18.9. The van der Waals surface area contributed by atoms with Crippen molar-refractivity contribution in [3.8, 4) is 33.9 Å². The van der Waals surface area contributed by atoms with Gasteiger partial charge in [0.1, 0.15) is 5.82 Å². The highest BCUT2D eigenvalue weighted by Crippen LogP contribution is 2.35. The predicted octanol–water partition coefficient (Wildman–Crippen LogP) is 7.22. The normalized spacial score (nSPS) is 11.0. The number of rotatable bonds is 3. The van der Waals surface area contributed by atoms with Gasteiger partial charge in [0.05, 0.1) is 11.4 Å². The zero-order valence-electron chi connectivity index (χ0n) is 15.1. The molecule has 0 spiro atoms. The summed E-state index contributed by atoms with van der Waals surface area (Å²) in [4.78, 5) is 8.58. The van der Waals surface area contributed by atoms with E-state index in [-0.39, 0.29) is 0 Å². The molecule has 0 aliphatic rings. The molecule has 0 saturated carbocycles. The van der Waals surface area contributed by atoms with E-state index in [1.165, 1.54) is 10.8 Å². The third-order valence-corrected chi connectivity index (χ3v) is 5.18. The Hall–Kier alpha value is -3.36. The standard InChI is InChI=1S/C25H17ClN2/c26-20-15-13-19(14-16-20)24-23(18-8-2-1-3-9-18)27-25(28-24)22-12-6-10-17-7-4-5-11-21(17)22/h1-16H,(H,27,28). The zero-order valence-corrected chi connectivity index (χ0v) is 15.8. The molecule has 0 unspecified atom stereocenters. The van der Waals surface area contributed by atoms with Gasteiger partial charge in [0.2, 0.25) is 0 Å². The van der Waals surface area contributed by atoms with Gasteiger partial charge in [0.25, 0.3) is 0 Å². The molecule has 0 aliphatic heterocycles. The van der Waals surface area contributed by atoms with Crippen LogP contribution in [0.1, 0.15) is 0 Å². The lowest BCUT2D eigenvalue weighted by atomic mass is 10.0. The summed E-state index contributed by atoms with van der Waals surface area (Å²) >= 11 is 6.10. The van der Waals surface area contributed by atoms with Crippen LogP contribution in [0.3, 0.4) is 0 Å². The average molecular weight is 381 g/mol. The highest BCUT2D eigenvalue weighted by molar-refractivity contribution is 6.30. The van der Waals surface area contributed by atoms with Gasteiger partial charge in [-0.3, -0.25) is 0 Å². The molecule has 0 aliphatic carbocycles. The van der Waals surface area contributed by atoms with E-state index in [1.54, 1.807) is 0 Å². The Bertz CT molecular complexity index is 1250. The number of aromatic amines is 1. The number of halogens is 1. The van der Waals surface area contributed by atoms with Crippen molar-refractivity contribution >= 4 is 22.4 Å². The molecule has 4 aromatic carbocycles. The molecule has 0 atom stereocenters. The molecule has 0 radical (unpaired) electrons. The molecule has 0 saturated heterocycles. The van der Waals surface area contributed by atoms with Crippen molar-refractivity contribution in [1.29, 1.82) is 0 Å². The summed E-state index contributed by atoms with van der Waals surface area (Å²) < 4.78 is 0. The van der Waals surface area contributed by atoms with Crippen LogP contribution in [0, 0.1) is 0 Å². The summed E-state index contributed by atoms with van der Waals surface area (Å²) in [6.07, 6.45) is 0. The smallest absolute Gasteiger partial charge is 0.139 e. The molecule has 1 N–H and O–H groups in total. The van der Waals surface area contributed by atoms with E-state index >= 15 is 0 Å². The molecular weight excluding hydrogens is 364 g/mol. The van der Waals surface area contributed by atoms with E-state index in [9.17, 15) is 0 Å². The van der Waals surface area contributed by atoms with Crippen molar-refractivity contribution in [2.24, 2.45) is 0 Å². The lowest BCUT2D eigenvalue weighted by Crippen LogP contribution is -1.83. The third-order valence-electron chi connectivity index (χ3n) is 4.93. The minimum absolute atomic E-state index is 0.721. The summed E-state index contributed by atoms with van der Waals surface area (Å²) in [6.45, 7) is 0. The number of fused-ring (bicyclic) bond motifs is 1. The highest BCUT2D eigenvalue weighted by atomic mass is 35.5. The van der Waals surface area contributed by atoms with E-state index < -0.39 is 0 Å². The predicted molar refractivity (Wildman–Crippen MR) is 117 cm³/mol. The van der Waals surface area contributed by atoms with Gasteiger partial charge in [0, 0.05) is 21.7 Å². The number of H-pyrrole nitrogens is 1. The van der Waals surface area contributed by atoms with Gasteiger partial charge in [-0.05, 0) is 22.9 Å². The number of imidazole rings is 1. The quantitative estimate of drug-likeness (QED) is 0.351. The molecule has 5 rings (SSSR count). The van der Waals surface area contributed by atoms with Crippen LogP contribution in [0.5, 0.6) is 0 Å². The van der Waals surface area contributed by atoms with Crippen LogP contribution in [0.2, 0.25) is 5.02 Å². The van der Waals surface area contributed by atoms with Crippen molar-refractivity contribution in [3.05, 3.63) is 102 Å². The Morgan fingerprint density at radius 1 is 0.643 bits per heavy atom. The minimum atomic E-state index is 0.721.